The van der Waals surface area contributed by atoms with Crippen molar-refractivity contribution in [3.63, 3.8) is 0 Å². The smallest absolute Gasteiger partial charge is 1.00 e. The van der Waals surface area contributed by atoms with Gasteiger partial charge in [0.05, 0.1) is 0 Å². The van der Waals surface area contributed by atoms with Crippen LogP contribution in [0.25, 0.3) is 11.1 Å². The molecule has 0 heterocycles. The number of rotatable bonds is 2. The standard InChI is InChI=1S/C21H25.C12H19.C8H8.2ClH.Zr/c1-20(2,3)16-7-9-18-14(12-16)11-15-13-17(21(4,5)6)8-10-19(15)18;1-6-10-7-9(2)8-11(10)12(3,4)5;1-7-3-5-8(2)6-4-7;;;/h7-10,12H,11H2,1-6H3;8-9H,6H2,1-5H3;1,3-6H,2H3;2*1H;/q2*-1;;;;+2/p-2. The fraction of sp³-hybridized carbons (Fsp3) is 0.439. The molecular formula is C41H52Cl2Zr-2. The Morgan fingerprint density at radius 2 is 1.39 bits per heavy atom. The Morgan fingerprint density at radius 1 is 0.795 bits per heavy atom. The van der Waals surface area contributed by atoms with E-state index in [1.54, 1.807) is 0 Å². The molecule has 0 radical (unpaired) electrons. The Balaban J connectivity index is 0.000000359. The van der Waals surface area contributed by atoms with E-state index in [2.05, 4.69) is 160 Å². The Morgan fingerprint density at radius 3 is 1.86 bits per heavy atom. The first-order valence-corrected chi connectivity index (χ1v) is 17.0. The van der Waals surface area contributed by atoms with Crippen LogP contribution in [-0.2, 0) is 41.5 Å². The first-order chi connectivity index (χ1) is 19.4. The van der Waals surface area contributed by atoms with Gasteiger partial charge >= 0.3 is 70.3 Å². The molecular weight excluding hydrogens is 655 g/mol. The Hall–Kier alpha value is -1.53. The molecule has 5 rings (SSSR count). The van der Waals surface area contributed by atoms with Gasteiger partial charge in [0.1, 0.15) is 0 Å². The molecule has 2 aliphatic carbocycles. The summed E-state index contributed by atoms with van der Waals surface area (Å²) in [6.07, 6.45) is 7.98. The normalized spacial score (nSPS) is 15.1. The largest absolute Gasteiger partial charge is 1.00 e. The summed E-state index contributed by atoms with van der Waals surface area (Å²) in [5, 5.41) is 0. The van der Waals surface area contributed by atoms with Gasteiger partial charge in [-0.25, -0.2) is 5.57 Å². The van der Waals surface area contributed by atoms with E-state index >= 15 is 0 Å². The van der Waals surface area contributed by atoms with Crippen molar-refractivity contribution in [2.24, 2.45) is 11.3 Å². The van der Waals surface area contributed by atoms with E-state index in [4.69, 9.17) is 0 Å². The van der Waals surface area contributed by atoms with Crippen LogP contribution in [0.5, 0.6) is 0 Å². The maximum Gasteiger partial charge on any atom is -1.00 e. The van der Waals surface area contributed by atoms with Crippen LogP contribution >= 0.6 is 0 Å². The topological polar surface area (TPSA) is 0 Å². The molecule has 0 bridgehead atoms. The third-order valence-electron chi connectivity index (χ3n) is 8.01. The zero-order chi connectivity index (χ0) is 31.5. The van der Waals surface area contributed by atoms with E-state index in [0.717, 1.165) is 12.8 Å². The first kappa shape index (κ1) is 40.5. The van der Waals surface area contributed by atoms with Gasteiger partial charge in [0.15, 0.2) is 0 Å². The summed E-state index contributed by atoms with van der Waals surface area (Å²) in [6, 6.07) is 23.7. The van der Waals surface area contributed by atoms with Crippen LogP contribution in [0, 0.1) is 30.4 Å². The average Bonchev–Trinajstić information content (AvgIpc) is 3.48. The molecule has 3 heteroatoms. The average molecular weight is 707 g/mol. The van der Waals surface area contributed by atoms with Crippen LogP contribution in [0.3, 0.4) is 0 Å². The summed E-state index contributed by atoms with van der Waals surface area (Å²) >= 11 is 1.47. The summed E-state index contributed by atoms with van der Waals surface area (Å²) in [7, 11) is 0. The van der Waals surface area contributed by atoms with Crippen molar-refractivity contribution in [3.8, 4) is 11.1 Å². The molecule has 0 fully saturated rings. The molecule has 1 unspecified atom stereocenters. The number of fused-ring (bicyclic) bond motifs is 3. The molecule has 3 aromatic rings. The van der Waals surface area contributed by atoms with Gasteiger partial charge in [-0.2, -0.15) is 35.4 Å². The molecule has 2 aliphatic rings. The molecule has 0 aliphatic heterocycles. The number of hydrogen-bond acceptors (Lipinski definition) is 0. The van der Waals surface area contributed by atoms with Crippen LogP contribution in [0.15, 0.2) is 71.8 Å². The second-order valence-electron chi connectivity index (χ2n) is 15.0. The van der Waals surface area contributed by atoms with E-state index < -0.39 is 0 Å². The molecule has 0 N–H and O–H groups in total. The van der Waals surface area contributed by atoms with Crippen molar-refractivity contribution < 1.29 is 49.0 Å². The zero-order valence-electron chi connectivity index (χ0n) is 29.1. The van der Waals surface area contributed by atoms with Crippen LogP contribution in [0.1, 0.15) is 116 Å². The molecule has 0 aromatic heterocycles. The van der Waals surface area contributed by atoms with Gasteiger partial charge in [-0.05, 0) is 28.4 Å². The summed E-state index contributed by atoms with van der Waals surface area (Å²) in [6.45, 7) is 26.9. The number of hydrogen-bond donors (Lipinski definition) is 0. The maximum absolute atomic E-state index is 3.67. The molecule has 0 amide bonds. The van der Waals surface area contributed by atoms with E-state index in [0.29, 0.717) is 11.3 Å². The van der Waals surface area contributed by atoms with Gasteiger partial charge in [0.25, 0.3) is 0 Å². The van der Waals surface area contributed by atoms with Gasteiger partial charge in [-0.15, -0.1) is 11.1 Å². The minimum Gasteiger partial charge on any atom is -1.00 e. The van der Waals surface area contributed by atoms with Gasteiger partial charge < -0.3 is 24.8 Å². The monoisotopic (exact) mass is 704 g/mol. The molecule has 0 nitrogen and oxygen atoms in total. The first-order valence-electron chi connectivity index (χ1n) is 15.6. The predicted molar refractivity (Wildman–Crippen MR) is 181 cm³/mol. The number of benzene rings is 3. The van der Waals surface area contributed by atoms with Crippen LogP contribution in [-0.4, -0.2) is 3.71 Å². The van der Waals surface area contributed by atoms with E-state index in [9.17, 15) is 0 Å². The third kappa shape index (κ3) is 10.8. The van der Waals surface area contributed by atoms with Crippen LogP contribution in [0.2, 0.25) is 0 Å². The minimum atomic E-state index is 0. The summed E-state index contributed by atoms with van der Waals surface area (Å²) in [5.74, 6) is 0.522. The van der Waals surface area contributed by atoms with Crippen LogP contribution in [0.4, 0.5) is 0 Å². The molecule has 1 atom stereocenters. The van der Waals surface area contributed by atoms with E-state index in [1.165, 1.54) is 79.9 Å². The molecule has 0 spiro atoms. The number of allylic oxidation sites excluding steroid dienone is 4. The van der Waals surface area contributed by atoms with Crippen molar-refractivity contribution in [2.45, 2.75) is 107 Å². The van der Waals surface area contributed by atoms with Crippen molar-refractivity contribution in [2.75, 3.05) is 0 Å². The summed E-state index contributed by atoms with van der Waals surface area (Å²) in [5.41, 5.74) is 14.6. The Bertz CT molecular complexity index is 1390. The van der Waals surface area contributed by atoms with Gasteiger partial charge in [0, 0.05) is 0 Å². The van der Waals surface area contributed by atoms with Gasteiger partial charge in [-0.1, -0.05) is 118 Å². The Kier molecular flexibility index (Phi) is 15.0. The Labute approximate surface area is 297 Å². The van der Waals surface area contributed by atoms with E-state index in [1.807, 2.05) is 0 Å². The fourth-order valence-electron chi connectivity index (χ4n) is 5.43. The van der Waals surface area contributed by atoms with Gasteiger partial charge in [-0.3, -0.25) is 6.08 Å². The molecule has 0 saturated carbocycles. The predicted octanol–water partition coefficient (Wildman–Crippen LogP) is 5.10. The van der Waals surface area contributed by atoms with Crippen LogP contribution < -0.4 is 24.8 Å². The van der Waals surface area contributed by atoms with Crippen molar-refractivity contribution in [3.05, 3.63) is 117 Å². The molecule has 0 saturated heterocycles. The fourth-order valence-corrected chi connectivity index (χ4v) is 5.90. The SMILES string of the molecule is CC(C)(C)c1[c-]c2c(cc1)-c1ccc(C(C)(C)C)cc1C2.CCC1=[C-]C(C)C=C1C(C)(C)C.Cc1ccc([CH]=[Zr+2])cc1.[Cl-].[Cl-]. The number of aryl methyl sites for hydroxylation is 1. The summed E-state index contributed by atoms with van der Waals surface area (Å²) in [4.78, 5) is 0. The van der Waals surface area contributed by atoms with Crippen molar-refractivity contribution in [1.29, 1.82) is 0 Å². The second kappa shape index (κ2) is 16.3. The zero-order valence-corrected chi connectivity index (χ0v) is 33.1. The molecule has 236 valence electrons. The number of halogens is 2. The molecule has 3 aromatic carbocycles. The quantitative estimate of drug-likeness (QED) is 0.255. The second-order valence-corrected chi connectivity index (χ2v) is 15.7. The minimum absolute atomic E-state index is 0. The third-order valence-corrected chi connectivity index (χ3v) is 8.83. The van der Waals surface area contributed by atoms with Gasteiger partial charge in [0.2, 0.25) is 0 Å². The van der Waals surface area contributed by atoms with E-state index in [-0.39, 0.29) is 35.6 Å². The molecule has 44 heavy (non-hydrogen) atoms. The van der Waals surface area contributed by atoms with Crippen molar-refractivity contribution in [1.82, 2.24) is 0 Å². The van der Waals surface area contributed by atoms with Crippen molar-refractivity contribution >= 4 is 3.71 Å². The summed E-state index contributed by atoms with van der Waals surface area (Å²) < 4.78 is 2.19. The maximum atomic E-state index is 3.67.